The van der Waals surface area contributed by atoms with Crippen molar-refractivity contribution in [3.05, 3.63) is 12.3 Å². The number of fused-ring (bicyclic) bond motifs is 1. The van der Waals surface area contributed by atoms with E-state index in [2.05, 4.69) is 34.0 Å². The average molecular weight is 164 g/mol. The summed E-state index contributed by atoms with van der Waals surface area (Å²) < 4.78 is 0. The minimum absolute atomic E-state index is 0.372. The second-order valence-corrected chi connectivity index (χ2v) is 3.09. The molecule has 0 N–H and O–H groups in total. The summed E-state index contributed by atoms with van der Waals surface area (Å²) in [5, 5.41) is 7.93. The highest BCUT2D eigenvalue weighted by molar-refractivity contribution is 5.72. The summed E-state index contributed by atoms with van der Waals surface area (Å²) in [5.41, 5.74) is 1.15. The van der Waals surface area contributed by atoms with Crippen molar-refractivity contribution in [1.82, 2.24) is 10.2 Å². The Bertz CT molecular complexity index is 270. The van der Waals surface area contributed by atoms with E-state index in [-0.39, 0.29) is 0 Å². The first-order chi connectivity index (χ1) is 5.72. The maximum Gasteiger partial charge on any atom is 0.176 e. The predicted octanol–water partition coefficient (Wildman–Crippen LogP) is 0.709. The lowest BCUT2D eigenvalue weighted by Crippen LogP contribution is -2.35. The fourth-order valence-corrected chi connectivity index (χ4v) is 1.48. The van der Waals surface area contributed by atoms with Crippen LogP contribution in [0.25, 0.3) is 0 Å². The second-order valence-electron chi connectivity index (χ2n) is 3.09. The van der Waals surface area contributed by atoms with Crippen molar-refractivity contribution in [1.29, 1.82) is 0 Å². The number of aromatic nitrogens is 2. The van der Waals surface area contributed by atoms with Crippen LogP contribution < -0.4 is 9.80 Å². The van der Waals surface area contributed by atoms with Crippen LogP contribution in [0, 0.1) is 0 Å². The molecule has 0 saturated heterocycles. The summed E-state index contributed by atoms with van der Waals surface area (Å²) in [7, 11) is 4.09. The molecular weight excluding hydrogens is 152 g/mol. The molecule has 0 amide bonds. The van der Waals surface area contributed by atoms with Gasteiger partial charge in [0, 0.05) is 14.1 Å². The van der Waals surface area contributed by atoms with E-state index in [0.717, 1.165) is 11.5 Å². The van der Waals surface area contributed by atoms with Gasteiger partial charge in [0.25, 0.3) is 0 Å². The zero-order valence-corrected chi connectivity index (χ0v) is 7.52. The lowest BCUT2D eigenvalue weighted by Gasteiger charge is -2.22. The molecule has 0 aliphatic carbocycles. The molecule has 1 aliphatic rings. The summed E-state index contributed by atoms with van der Waals surface area (Å²) in [6.45, 7) is 2.14. The second kappa shape index (κ2) is 2.33. The summed E-state index contributed by atoms with van der Waals surface area (Å²) >= 11 is 0. The topological polar surface area (TPSA) is 32.3 Å². The number of hydrogen-bond acceptors (Lipinski definition) is 4. The van der Waals surface area contributed by atoms with Crippen molar-refractivity contribution in [2.24, 2.45) is 0 Å². The van der Waals surface area contributed by atoms with Crippen molar-refractivity contribution >= 4 is 11.5 Å². The van der Waals surface area contributed by atoms with E-state index in [1.807, 2.05) is 13.1 Å². The first kappa shape index (κ1) is 7.34. The van der Waals surface area contributed by atoms with Gasteiger partial charge in [-0.2, -0.15) is 5.10 Å². The molecule has 0 spiro atoms. The molecule has 1 aromatic heterocycles. The van der Waals surface area contributed by atoms with Crippen molar-refractivity contribution in [3.63, 3.8) is 0 Å². The molecule has 0 fully saturated rings. The summed E-state index contributed by atoms with van der Waals surface area (Å²) in [6.07, 6.45) is 2.10. The van der Waals surface area contributed by atoms with Crippen LogP contribution in [0.2, 0.25) is 0 Å². The third kappa shape index (κ3) is 0.776. The Balaban J connectivity index is 2.52. The average Bonchev–Trinajstić information content (AvgIpc) is 2.33. The predicted molar refractivity (Wildman–Crippen MR) is 48.3 cm³/mol. The third-order valence-electron chi connectivity index (χ3n) is 2.52. The van der Waals surface area contributed by atoms with Crippen molar-refractivity contribution < 1.29 is 0 Å². The van der Waals surface area contributed by atoms with Gasteiger partial charge in [0.2, 0.25) is 0 Å². The third-order valence-corrected chi connectivity index (χ3v) is 2.52. The van der Waals surface area contributed by atoms with Crippen molar-refractivity contribution in [2.45, 2.75) is 13.1 Å². The minimum Gasteiger partial charge on any atom is -0.351 e. The van der Waals surface area contributed by atoms with E-state index in [1.165, 1.54) is 0 Å². The Morgan fingerprint density at radius 1 is 1.33 bits per heavy atom. The first-order valence-electron chi connectivity index (χ1n) is 3.99. The Morgan fingerprint density at radius 2 is 2.08 bits per heavy atom. The van der Waals surface area contributed by atoms with Crippen LogP contribution in [0.5, 0.6) is 0 Å². The number of nitrogens with zero attached hydrogens (tertiary/aromatic N) is 4. The maximum absolute atomic E-state index is 4.08. The molecule has 0 radical (unpaired) electrons. The molecule has 2 heterocycles. The molecule has 0 aromatic carbocycles. The van der Waals surface area contributed by atoms with Gasteiger partial charge in [-0.3, -0.25) is 0 Å². The van der Waals surface area contributed by atoms with E-state index in [4.69, 9.17) is 0 Å². The summed E-state index contributed by atoms with van der Waals surface area (Å²) in [4.78, 5) is 4.30. The molecular formula is C8H12N4. The molecule has 0 bridgehead atoms. The molecule has 4 heteroatoms. The standard InChI is InChI=1S/C8H12N4/c1-6-11(2)7-4-5-9-10-8(7)12(6)3/h4-6H,1-3H3. The Labute approximate surface area is 71.8 Å². The normalized spacial score (nSPS) is 21.4. The fraction of sp³-hybridized carbons (Fsp3) is 0.500. The van der Waals surface area contributed by atoms with E-state index in [1.54, 1.807) is 6.20 Å². The lowest BCUT2D eigenvalue weighted by molar-refractivity contribution is 0.704. The Kier molecular flexibility index (Phi) is 1.43. The van der Waals surface area contributed by atoms with Crippen LogP contribution in [0.1, 0.15) is 6.92 Å². The summed E-state index contributed by atoms with van der Waals surface area (Å²) in [6, 6.07) is 1.99. The number of rotatable bonds is 0. The van der Waals surface area contributed by atoms with Crippen LogP contribution in [0.3, 0.4) is 0 Å². The van der Waals surface area contributed by atoms with Crippen LogP contribution >= 0.6 is 0 Å². The van der Waals surface area contributed by atoms with Crippen LogP contribution in [0.4, 0.5) is 11.5 Å². The lowest BCUT2D eigenvalue weighted by atomic mass is 10.4. The van der Waals surface area contributed by atoms with Crippen LogP contribution in [0.15, 0.2) is 12.3 Å². The Morgan fingerprint density at radius 3 is 2.75 bits per heavy atom. The zero-order valence-electron chi connectivity index (χ0n) is 7.52. The van der Waals surface area contributed by atoms with Crippen LogP contribution in [-0.4, -0.2) is 30.5 Å². The number of anilines is 2. The van der Waals surface area contributed by atoms with E-state index in [0.29, 0.717) is 6.17 Å². The van der Waals surface area contributed by atoms with Gasteiger partial charge >= 0.3 is 0 Å². The first-order valence-corrected chi connectivity index (χ1v) is 3.99. The fourth-order valence-electron chi connectivity index (χ4n) is 1.48. The van der Waals surface area contributed by atoms with Crippen molar-refractivity contribution in [2.75, 3.05) is 23.9 Å². The molecule has 1 atom stereocenters. The molecule has 2 rings (SSSR count). The van der Waals surface area contributed by atoms with Gasteiger partial charge in [-0.25, -0.2) is 0 Å². The van der Waals surface area contributed by atoms with Gasteiger partial charge in [-0.1, -0.05) is 0 Å². The van der Waals surface area contributed by atoms with Gasteiger partial charge < -0.3 is 9.80 Å². The van der Waals surface area contributed by atoms with E-state index >= 15 is 0 Å². The highest BCUT2D eigenvalue weighted by Crippen LogP contribution is 2.33. The molecule has 1 aliphatic heterocycles. The number of hydrogen-bond donors (Lipinski definition) is 0. The molecule has 0 saturated carbocycles. The SMILES string of the molecule is CC1N(C)c2ccnnc2N1C. The maximum atomic E-state index is 4.08. The molecule has 4 nitrogen and oxygen atoms in total. The monoisotopic (exact) mass is 164 g/mol. The molecule has 12 heavy (non-hydrogen) atoms. The highest BCUT2D eigenvalue weighted by Gasteiger charge is 2.28. The smallest absolute Gasteiger partial charge is 0.176 e. The summed E-state index contributed by atoms with van der Waals surface area (Å²) in [5.74, 6) is 0.965. The molecule has 64 valence electrons. The highest BCUT2D eigenvalue weighted by atomic mass is 15.4. The van der Waals surface area contributed by atoms with Gasteiger partial charge in [-0.15, -0.1) is 5.10 Å². The van der Waals surface area contributed by atoms with Gasteiger partial charge in [0.05, 0.1) is 18.1 Å². The van der Waals surface area contributed by atoms with E-state index < -0.39 is 0 Å². The molecule has 1 aromatic rings. The van der Waals surface area contributed by atoms with Gasteiger partial charge in [0.15, 0.2) is 5.82 Å². The van der Waals surface area contributed by atoms with Gasteiger partial charge in [-0.05, 0) is 13.0 Å². The Hall–Kier alpha value is -1.32. The van der Waals surface area contributed by atoms with Crippen LogP contribution in [-0.2, 0) is 0 Å². The van der Waals surface area contributed by atoms with Gasteiger partial charge in [0.1, 0.15) is 0 Å². The minimum atomic E-state index is 0.372. The zero-order chi connectivity index (χ0) is 8.72. The van der Waals surface area contributed by atoms with E-state index in [9.17, 15) is 0 Å². The largest absolute Gasteiger partial charge is 0.351 e. The van der Waals surface area contributed by atoms with Crippen molar-refractivity contribution in [3.8, 4) is 0 Å². The molecule has 1 unspecified atom stereocenters. The quantitative estimate of drug-likeness (QED) is 0.565.